The molecular formula is C13H17FN4O4. The first-order valence-electron chi connectivity index (χ1n) is 6.33. The summed E-state index contributed by atoms with van der Waals surface area (Å²) in [5, 5.41) is 4.49. The molecule has 22 heavy (non-hydrogen) atoms. The van der Waals surface area contributed by atoms with Crippen molar-refractivity contribution in [2.24, 2.45) is 11.5 Å². The Morgan fingerprint density at radius 3 is 2.18 bits per heavy atom. The minimum absolute atomic E-state index is 0.0941. The molecule has 0 aliphatic rings. The largest absolute Gasteiger partial charge is 0.491 e. The fourth-order valence-electron chi connectivity index (χ4n) is 1.47. The van der Waals surface area contributed by atoms with Crippen LogP contribution in [0.1, 0.15) is 6.92 Å². The minimum atomic E-state index is -1.59. The molecule has 9 heteroatoms. The van der Waals surface area contributed by atoms with Crippen LogP contribution in [0.2, 0.25) is 0 Å². The predicted octanol–water partition coefficient (Wildman–Crippen LogP) is -0.769. The first kappa shape index (κ1) is 17.2. The van der Waals surface area contributed by atoms with Gasteiger partial charge in [-0.1, -0.05) is 0 Å². The number of nitrogens with one attached hydrogen (secondary N) is 2. The third kappa shape index (κ3) is 5.65. The highest BCUT2D eigenvalue weighted by Crippen LogP contribution is 2.11. The molecule has 1 atom stereocenters. The van der Waals surface area contributed by atoms with Gasteiger partial charge in [0.2, 0.25) is 11.8 Å². The Bertz CT molecular complexity index is 535. The van der Waals surface area contributed by atoms with Gasteiger partial charge in [-0.05, 0) is 31.2 Å². The number of benzene rings is 1. The molecule has 4 amide bonds. The van der Waals surface area contributed by atoms with Gasteiger partial charge in [-0.15, -0.1) is 0 Å². The summed E-state index contributed by atoms with van der Waals surface area (Å²) in [5.74, 6) is -2.07. The van der Waals surface area contributed by atoms with Crippen LogP contribution in [0.5, 0.6) is 5.75 Å². The molecule has 0 aliphatic carbocycles. The highest BCUT2D eigenvalue weighted by molar-refractivity contribution is 6.05. The van der Waals surface area contributed by atoms with Crippen molar-refractivity contribution in [1.29, 1.82) is 0 Å². The van der Waals surface area contributed by atoms with Crippen molar-refractivity contribution in [3.8, 4) is 5.75 Å². The minimum Gasteiger partial charge on any atom is -0.491 e. The number of primary amides is 2. The van der Waals surface area contributed by atoms with Gasteiger partial charge >= 0.3 is 6.03 Å². The summed E-state index contributed by atoms with van der Waals surface area (Å²) < 4.78 is 18.0. The van der Waals surface area contributed by atoms with E-state index in [-0.39, 0.29) is 12.4 Å². The first-order valence-corrected chi connectivity index (χ1v) is 6.33. The molecule has 6 N–H and O–H groups in total. The van der Waals surface area contributed by atoms with E-state index in [0.717, 1.165) is 0 Å². The maximum atomic E-state index is 12.7. The van der Waals surface area contributed by atoms with Crippen molar-refractivity contribution < 1.29 is 23.5 Å². The molecule has 0 saturated carbocycles. The second-order valence-corrected chi connectivity index (χ2v) is 4.52. The number of nitrogens with two attached hydrogens (primary N) is 2. The predicted molar refractivity (Wildman–Crippen MR) is 75.2 cm³/mol. The summed E-state index contributed by atoms with van der Waals surface area (Å²) in [6.07, 6.45) is 0. The highest BCUT2D eigenvalue weighted by atomic mass is 19.1. The van der Waals surface area contributed by atoms with E-state index in [2.05, 4.69) is 5.32 Å². The molecule has 0 unspecified atom stereocenters. The van der Waals surface area contributed by atoms with E-state index in [1.165, 1.54) is 24.3 Å². The maximum absolute atomic E-state index is 12.7. The Balaban J connectivity index is 2.42. The number of hydrogen-bond donors (Lipinski definition) is 4. The lowest BCUT2D eigenvalue weighted by atomic mass is 10.2. The van der Waals surface area contributed by atoms with Crippen molar-refractivity contribution in [2.75, 3.05) is 6.61 Å². The van der Waals surface area contributed by atoms with E-state index in [1.54, 1.807) is 6.92 Å². The number of ether oxygens (including phenoxy) is 1. The van der Waals surface area contributed by atoms with Gasteiger partial charge in [0.25, 0.3) is 0 Å². The zero-order valence-corrected chi connectivity index (χ0v) is 11.8. The zero-order valence-electron chi connectivity index (χ0n) is 11.8. The third-order valence-corrected chi connectivity index (χ3v) is 2.54. The van der Waals surface area contributed by atoms with E-state index in [4.69, 9.17) is 16.2 Å². The van der Waals surface area contributed by atoms with Crippen LogP contribution in [0.15, 0.2) is 24.3 Å². The molecule has 1 aromatic rings. The van der Waals surface area contributed by atoms with Crippen molar-refractivity contribution in [1.82, 2.24) is 10.6 Å². The van der Waals surface area contributed by atoms with E-state index in [1.807, 2.05) is 5.32 Å². The first-order chi connectivity index (χ1) is 10.3. The maximum Gasteiger partial charge on any atom is 0.316 e. The van der Waals surface area contributed by atoms with Crippen LogP contribution < -0.4 is 26.8 Å². The SMILES string of the molecule is C[C@@H](COc1ccc(F)cc1)NC(=O)NC(C(N)=O)C(N)=O. The third-order valence-electron chi connectivity index (χ3n) is 2.54. The van der Waals surface area contributed by atoms with Gasteiger partial charge in [0, 0.05) is 0 Å². The molecule has 0 heterocycles. The Morgan fingerprint density at radius 2 is 1.68 bits per heavy atom. The van der Waals surface area contributed by atoms with Crippen LogP contribution in [-0.4, -0.2) is 36.5 Å². The zero-order chi connectivity index (χ0) is 16.7. The van der Waals surface area contributed by atoms with Crippen molar-refractivity contribution in [3.05, 3.63) is 30.1 Å². The average molecular weight is 312 g/mol. The number of halogens is 1. The van der Waals surface area contributed by atoms with Crippen molar-refractivity contribution in [2.45, 2.75) is 19.0 Å². The monoisotopic (exact) mass is 312 g/mol. The number of carbonyl (C=O) groups excluding carboxylic acids is 3. The Labute approximate surface area is 126 Å². The fourth-order valence-corrected chi connectivity index (χ4v) is 1.47. The summed E-state index contributed by atoms with van der Waals surface area (Å²) in [6.45, 7) is 1.73. The smallest absolute Gasteiger partial charge is 0.316 e. The fraction of sp³-hybridized carbons (Fsp3) is 0.308. The van der Waals surface area contributed by atoms with E-state index in [0.29, 0.717) is 5.75 Å². The van der Waals surface area contributed by atoms with Gasteiger partial charge in [-0.2, -0.15) is 0 Å². The summed E-state index contributed by atoms with van der Waals surface area (Å²) >= 11 is 0. The summed E-state index contributed by atoms with van der Waals surface area (Å²) in [4.78, 5) is 33.4. The van der Waals surface area contributed by atoms with E-state index >= 15 is 0 Å². The molecule has 1 rings (SSSR count). The number of hydrogen-bond acceptors (Lipinski definition) is 4. The van der Waals surface area contributed by atoms with Crippen LogP contribution in [0.3, 0.4) is 0 Å². The van der Waals surface area contributed by atoms with Gasteiger partial charge < -0.3 is 26.8 Å². The Hall–Kier alpha value is -2.84. The lowest BCUT2D eigenvalue weighted by Crippen LogP contribution is -2.56. The van der Waals surface area contributed by atoms with E-state index in [9.17, 15) is 18.8 Å². The van der Waals surface area contributed by atoms with Gasteiger partial charge in [0.05, 0.1) is 6.04 Å². The summed E-state index contributed by atoms with van der Waals surface area (Å²) in [5.41, 5.74) is 9.85. The molecule has 0 saturated heterocycles. The molecule has 0 aliphatic heterocycles. The van der Waals surface area contributed by atoms with E-state index < -0.39 is 29.9 Å². The number of amides is 4. The second-order valence-electron chi connectivity index (χ2n) is 4.52. The summed E-state index contributed by atoms with van der Waals surface area (Å²) in [7, 11) is 0. The second kappa shape index (κ2) is 7.81. The normalized spacial score (nSPS) is 11.6. The molecule has 120 valence electrons. The highest BCUT2D eigenvalue weighted by Gasteiger charge is 2.24. The Morgan fingerprint density at radius 1 is 1.14 bits per heavy atom. The molecule has 0 radical (unpaired) electrons. The van der Waals surface area contributed by atoms with Crippen molar-refractivity contribution in [3.63, 3.8) is 0 Å². The number of urea groups is 1. The molecular weight excluding hydrogens is 295 g/mol. The lowest BCUT2D eigenvalue weighted by molar-refractivity contribution is -0.128. The Kier molecular flexibility index (Phi) is 6.11. The molecule has 0 bridgehead atoms. The topological polar surface area (TPSA) is 137 Å². The number of rotatable bonds is 7. The number of carbonyl (C=O) groups is 3. The molecule has 1 aromatic carbocycles. The quantitative estimate of drug-likeness (QED) is 0.491. The van der Waals surface area contributed by atoms with Crippen LogP contribution >= 0.6 is 0 Å². The standard InChI is InChI=1S/C13H17FN4O4/c1-7(6-22-9-4-2-8(14)3-5-9)17-13(21)18-10(11(15)19)12(16)20/h2-5,7,10H,6H2,1H3,(H2,15,19)(H2,16,20)(H2,17,18,21)/t7-/m0/s1. The van der Waals surface area contributed by atoms with Gasteiger partial charge in [0.15, 0.2) is 6.04 Å². The summed E-state index contributed by atoms with van der Waals surface area (Å²) in [6, 6.07) is 2.53. The lowest BCUT2D eigenvalue weighted by Gasteiger charge is -2.17. The van der Waals surface area contributed by atoms with Crippen LogP contribution in [-0.2, 0) is 9.59 Å². The van der Waals surface area contributed by atoms with Gasteiger partial charge in [-0.3, -0.25) is 9.59 Å². The van der Waals surface area contributed by atoms with Crippen LogP contribution in [0.4, 0.5) is 9.18 Å². The molecule has 0 spiro atoms. The molecule has 0 aromatic heterocycles. The molecule has 8 nitrogen and oxygen atoms in total. The average Bonchev–Trinajstić information content (AvgIpc) is 2.43. The van der Waals surface area contributed by atoms with Gasteiger partial charge in [0.1, 0.15) is 18.2 Å². The van der Waals surface area contributed by atoms with Crippen LogP contribution in [0, 0.1) is 5.82 Å². The van der Waals surface area contributed by atoms with Crippen LogP contribution in [0.25, 0.3) is 0 Å². The van der Waals surface area contributed by atoms with Gasteiger partial charge in [-0.25, -0.2) is 9.18 Å². The molecule has 0 fully saturated rings. The van der Waals surface area contributed by atoms with Crippen molar-refractivity contribution >= 4 is 17.8 Å².